The normalized spacial score (nSPS) is 9.57. The number of hydrogen-bond acceptors (Lipinski definition) is 2. The first kappa shape index (κ1) is 10.9. The summed E-state index contributed by atoms with van der Waals surface area (Å²) in [5.41, 5.74) is 2.49. The maximum atomic E-state index is 8.75. The van der Waals surface area contributed by atoms with Crippen LogP contribution in [0.3, 0.4) is 0 Å². The molecule has 2 nitrogen and oxygen atoms in total. The summed E-state index contributed by atoms with van der Waals surface area (Å²) in [6, 6.07) is 5.70. The Bertz CT molecular complexity index is 366. The molecule has 0 radical (unpaired) electrons. The lowest BCUT2D eigenvalue weighted by molar-refractivity contribution is 0.977. The van der Waals surface area contributed by atoms with E-state index in [1.165, 1.54) is 0 Å². The highest BCUT2D eigenvalue weighted by atomic mass is 35.5. The lowest BCUT2D eigenvalue weighted by Crippen LogP contribution is -2.02. The van der Waals surface area contributed by atoms with Crippen LogP contribution in [-0.2, 0) is 0 Å². The van der Waals surface area contributed by atoms with Gasteiger partial charge < -0.3 is 5.32 Å². The minimum atomic E-state index is 0.534. The van der Waals surface area contributed by atoms with Gasteiger partial charge in [-0.05, 0) is 31.0 Å². The Morgan fingerprint density at radius 3 is 2.79 bits per heavy atom. The zero-order valence-electron chi connectivity index (χ0n) is 8.39. The van der Waals surface area contributed by atoms with E-state index in [4.69, 9.17) is 16.9 Å². The van der Waals surface area contributed by atoms with Gasteiger partial charge >= 0.3 is 0 Å². The molecular formula is C11H13ClN2. The molecular weight excluding hydrogens is 196 g/mol. The molecule has 0 amide bonds. The molecule has 0 bridgehead atoms. The van der Waals surface area contributed by atoms with Gasteiger partial charge in [-0.15, -0.1) is 0 Å². The molecule has 0 aliphatic heterocycles. The van der Waals surface area contributed by atoms with Crippen molar-refractivity contribution in [1.82, 2.24) is 0 Å². The fraction of sp³-hybridized carbons (Fsp3) is 0.364. The third kappa shape index (κ3) is 2.18. The lowest BCUT2D eigenvalue weighted by atomic mass is 10.1. The molecule has 0 saturated heterocycles. The van der Waals surface area contributed by atoms with Crippen molar-refractivity contribution < 1.29 is 0 Å². The van der Waals surface area contributed by atoms with Crippen molar-refractivity contribution in [3.8, 4) is 6.07 Å². The Morgan fingerprint density at radius 1 is 1.50 bits per heavy atom. The van der Waals surface area contributed by atoms with E-state index >= 15 is 0 Å². The summed E-state index contributed by atoms with van der Waals surface area (Å²) in [4.78, 5) is 0. The minimum absolute atomic E-state index is 0.534. The lowest BCUT2D eigenvalue weighted by Gasteiger charge is -2.10. The first-order chi connectivity index (χ1) is 6.70. The number of anilines is 1. The molecule has 74 valence electrons. The quantitative estimate of drug-likeness (QED) is 0.827. The number of rotatable bonds is 3. The average Bonchev–Trinajstić information content (AvgIpc) is 2.20. The van der Waals surface area contributed by atoms with E-state index < -0.39 is 0 Å². The third-order valence-electron chi connectivity index (χ3n) is 2.07. The average molecular weight is 209 g/mol. The molecule has 1 N–H and O–H groups in total. The number of nitriles is 1. The Labute approximate surface area is 89.5 Å². The molecule has 0 heterocycles. The molecule has 0 atom stereocenters. The summed E-state index contributed by atoms with van der Waals surface area (Å²) >= 11 is 6.01. The van der Waals surface area contributed by atoms with Crippen molar-refractivity contribution in [3.05, 3.63) is 28.3 Å². The van der Waals surface area contributed by atoms with Crippen molar-refractivity contribution >= 4 is 17.3 Å². The molecule has 0 aliphatic rings. The Hall–Kier alpha value is -1.20. The molecule has 14 heavy (non-hydrogen) atoms. The van der Waals surface area contributed by atoms with E-state index in [1.807, 2.05) is 13.0 Å². The number of benzene rings is 1. The number of halogens is 1. The second-order valence-corrected chi connectivity index (χ2v) is 3.52. The van der Waals surface area contributed by atoms with Gasteiger partial charge in [0.05, 0.1) is 10.6 Å². The molecule has 3 heteroatoms. The SMILES string of the molecule is CCCNc1ccc(C#N)c(Cl)c1C. The van der Waals surface area contributed by atoms with Gasteiger partial charge in [0.2, 0.25) is 0 Å². The predicted octanol–water partition coefficient (Wildman–Crippen LogP) is 3.34. The van der Waals surface area contributed by atoms with Crippen molar-refractivity contribution in [3.63, 3.8) is 0 Å². The van der Waals surface area contributed by atoms with Gasteiger partial charge in [-0.3, -0.25) is 0 Å². The maximum Gasteiger partial charge on any atom is 0.101 e. The number of nitrogens with one attached hydrogen (secondary N) is 1. The Kier molecular flexibility index (Phi) is 3.79. The third-order valence-corrected chi connectivity index (χ3v) is 2.56. The van der Waals surface area contributed by atoms with E-state index in [-0.39, 0.29) is 0 Å². The smallest absolute Gasteiger partial charge is 0.101 e. The van der Waals surface area contributed by atoms with Crippen molar-refractivity contribution in [2.75, 3.05) is 11.9 Å². The highest BCUT2D eigenvalue weighted by Crippen LogP contribution is 2.26. The Morgan fingerprint density at radius 2 is 2.21 bits per heavy atom. The van der Waals surface area contributed by atoms with Crippen LogP contribution in [0.5, 0.6) is 0 Å². The van der Waals surface area contributed by atoms with Gasteiger partial charge in [-0.2, -0.15) is 5.26 Å². The number of hydrogen-bond donors (Lipinski definition) is 1. The summed E-state index contributed by atoms with van der Waals surface area (Å²) in [5.74, 6) is 0. The predicted molar refractivity (Wildman–Crippen MR) is 59.7 cm³/mol. The van der Waals surface area contributed by atoms with Crippen LogP contribution in [0.4, 0.5) is 5.69 Å². The molecule has 0 aromatic heterocycles. The van der Waals surface area contributed by atoms with Crippen molar-refractivity contribution in [1.29, 1.82) is 5.26 Å². The molecule has 1 rings (SSSR count). The number of nitrogens with zero attached hydrogens (tertiary/aromatic N) is 1. The van der Waals surface area contributed by atoms with Crippen LogP contribution in [0.1, 0.15) is 24.5 Å². The molecule has 0 saturated carbocycles. The fourth-order valence-electron chi connectivity index (χ4n) is 1.22. The summed E-state index contributed by atoms with van der Waals surface area (Å²) in [6.07, 6.45) is 1.07. The van der Waals surface area contributed by atoms with Gasteiger partial charge in [0.25, 0.3) is 0 Å². The largest absolute Gasteiger partial charge is 0.385 e. The summed E-state index contributed by atoms with van der Waals surface area (Å²) in [5, 5.41) is 12.6. The van der Waals surface area contributed by atoms with Crippen LogP contribution in [0.2, 0.25) is 5.02 Å². The zero-order chi connectivity index (χ0) is 10.6. The van der Waals surface area contributed by atoms with Gasteiger partial charge in [0.1, 0.15) is 6.07 Å². The molecule has 0 spiro atoms. The summed E-state index contributed by atoms with van der Waals surface area (Å²) in [7, 11) is 0. The summed E-state index contributed by atoms with van der Waals surface area (Å²) < 4.78 is 0. The van der Waals surface area contributed by atoms with Gasteiger partial charge in [-0.25, -0.2) is 0 Å². The van der Waals surface area contributed by atoms with E-state index in [0.717, 1.165) is 24.2 Å². The van der Waals surface area contributed by atoms with Crippen LogP contribution in [0.25, 0.3) is 0 Å². The minimum Gasteiger partial charge on any atom is -0.385 e. The molecule has 0 fully saturated rings. The van der Waals surface area contributed by atoms with Gasteiger partial charge in [0, 0.05) is 12.2 Å². The topological polar surface area (TPSA) is 35.8 Å². The van der Waals surface area contributed by atoms with Crippen LogP contribution in [0.15, 0.2) is 12.1 Å². The Balaban J connectivity index is 3.00. The van der Waals surface area contributed by atoms with E-state index in [2.05, 4.69) is 18.3 Å². The van der Waals surface area contributed by atoms with E-state index in [0.29, 0.717) is 10.6 Å². The monoisotopic (exact) mass is 208 g/mol. The van der Waals surface area contributed by atoms with Gasteiger partial charge in [-0.1, -0.05) is 18.5 Å². The molecule has 1 aromatic carbocycles. The molecule has 0 unspecified atom stereocenters. The first-order valence-corrected chi connectivity index (χ1v) is 5.01. The highest BCUT2D eigenvalue weighted by Gasteiger charge is 2.06. The van der Waals surface area contributed by atoms with E-state index in [9.17, 15) is 0 Å². The van der Waals surface area contributed by atoms with E-state index in [1.54, 1.807) is 6.07 Å². The molecule has 0 aliphatic carbocycles. The second-order valence-electron chi connectivity index (χ2n) is 3.14. The maximum absolute atomic E-state index is 8.75. The summed E-state index contributed by atoms with van der Waals surface area (Å²) in [6.45, 7) is 4.94. The van der Waals surface area contributed by atoms with Crippen LogP contribution in [-0.4, -0.2) is 6.54 Å². The standard InChI is InChI=1S/C11H13ClN2/c1-3-6-14-10-5-4-9(7-13)11(12)8(10)2/h4-5,14H,3,6H2,1-2H3. The second kappa shape index (κ2) is 4.88. The van der Waals surface area contributed by atoms with Gasteiger partial charge in [0.15, 0.2) is 0 Å². The van der Waals surface area contributed by atoms with Crippen LogP contribution >= 0.6 is 11.6 Å². The fourth-order valence-corrected chi connectivity index (χ4v) is 1.43. The molecule has 1 aromatic rings. The highest BCUT2D eigenvalue weighted by molar-refractivity contribution is 6.32. The van der Waals surface area contributed by atoms with Crippen molar-refractivity contribution in [2.24, 2.45) is 0 Å². The van der Waals surface area contributed by atoms with Crippen molar-refractivity contribution in [2.45, 2.75) is 20.3 Å². The zero-order valence-corrected chi connectivity index (χ0v) is 9.15. The van der Waals surface area contributed by atoms with Crippen LogP contribution in [0, 0.1) is 18.3 Å². The van der Waals surface area contributed by atoms with Crippen LogP contribution < -0.4 is 5.32 Å². The first-order valence-electron chi connectivity index (χ1n) is 4.63.